The second-order valence-corrected chi connectivity index (χ2v) is 2.76. The molecule has 0 radical (unpaired) electrons. The summed E-state index contributed by atoms with van der Waals surface area (Å²) in [4.78, 5) is 10.5. The number of hydrogen-bond acceptors (Lipinski definition) is 2. The van der Waals surface area contributed by atoms with Crippen LogP contribution in [0.25, 0.3) is 0 Å². The molecular formula is C9H16O2. The Balaban J connectivity index is 3.38. The minimum atomic E-state index is 0.259. The van der Waals surface area contributed by atoms with Crippen LogP contribution in [-0.4, -0.2) is 12.9 Å². The van der Waals surface area contributed by atoms with Gasteiger partial charge in [0.25, 0.3) is 0 Å². The van der Waals surface area contributed by atoms with Crippen LogP contribution in [0.3, 0.4) is 0 Å². The van der Waals surface area contributed by atoms with E-state index in [0.717, 1.165) is 12.8 Å². The third-order valence-electron chi connectivity index (χ3n) is 1.42. The molecule has 0 aliphatic carbocycles. The maximum absolute atomic E-state index is 10.5. The highest BCUT2D eigenvalue weighted by Crippen LogP contribution is 2.06. The molecule has 11 heavy (non-hydrogen) atoms. The van der Waals surface area contributed by atoms with Crippen molar-refractivity contribution in [2.75, 3.05) is 7.11 Å². The third-order valence-corrected chi connectivity index (χ3v) is 1.42. The molecule has 0 aliphatic rings. The molecule has 2 nitrogen and oxygen atoms in total. The molecule has 0 aromatic carbocycles. The van der Waals surface area contributed by atoms with Gasteiger partial charge in [-0.3, -0.25) is 0 Å². The Morgan fingerprint density at radius 1 is 1.36 bits per heavy atom. The maximum atomic E-state index is 10.5. The standard InChI is InChI=1S/C9H16O2/c1-8(7-11-3)5-4-6-9(2)10/h7H,4-6H2,1-3H3/b8-7+. The fraction of sp³-hybridized carbons (Fsp3) is 0.667. The van der Waals surface area contributed by atoms with Gasteiger partial charge in [-0.05, 0) is 32.3 Å². The van der Waals surface area contributed by atoms with Crippen molar-refractivity contribution in [3.05, 3.63) is 11.8 Å². The summed E-state index contributed by atoms with van der Waals surface area (Å²) < 4.78 is 4.81. The van der Waals surface area contributed by atoms with E-state index in [-0.39, 0.29) is 5.78 Å². The lowest BCUT2D eigenvalue weighted by Crippen LogP contribution is -1.89. The number of Topliss-reactive ketones (excluding diaryl/α,β-unsaturated/α-hetero) is 1. The zero-order chi connectivity index (χ0) is 8.69. The van der Waals surface area contributed by atoms with Gasteiger partial charge >= 0.3 is 0 Å². The molecule has 0 unspecified atom stereocenters. The van der Waals surface area contributed by atoms with Gasteiger partial charge in [-0.1, -0.05) is 0 Å². The molecule has 0 atom stereocenters. The molecule has 0 spiro atoms. The first-order valence-electron chi connectivity index (χ1n) is 3.84. The van der Waals surface area contributed by atoms with Crippen molar-refractivity contribution < 1.29 is 9.53 Å². The summed E-state index contributed by atoms with van der Waals surface area (Å²) in [5, 5.41) is 0. The fourth-order valence-electron chi connectivity index (χ4n) is 0.876. The van der Waals surface area contributed by atoms with Crippen molar-refractivity contribution in [2.24, 2.45) is 0 Å². The van der Waals surface area contributed by atoms with E-state index in [9.17, 15) is 4.79 Å². The SMILES string of the molecule is CO/C=C(\C)CCCC(C)=O. The maximum Gasteiger partial charge on any atom is 0.129 e. The van der Waals surface area contributed by atoms with Gasteiger partial charge in [0.2, 0.25) is 0 Å². The van der Waals surface area contributed by atoms with Gasteiger partial charge < -0.3 is 9.53 Å². The smallest absolute Gasteiger partial charge is 0.129 e. The van der Waals surface area contributed by atoms with Gasteiger partial charge in [0.05, 0.1) is 13.4 Å². The van der Waals surface area contributed by atoms with E-state index in [4.69, 9.17) is 4.74 Å². The summed E-state index contributed by atoms with van der Waals surface area (Å²) in [7, 11) is 1.63. The summed E-state index contributed by atoms with van der Waals surface area (Å²) in [5.74, 6) is 0.259. The first-order valence-corrected chi connectivity index (χ1v) is 3.84. The highest BCUT2D eigenvalue weighted by atomic mass is 16.5. The van der Waals surface area contributed by atoms with Crippen LogP contribution < -0.4 is 0 Å². The fourth-order valence-corrected chi connectivity index (χ4v) is 0.876. The Bertz CT molecular complexity index is 148. The molecule has 64 valence electrons. The second kappa shape index (κ2) is 5.96. The molecular weight excluding hydrogens is 140 g/mol. The molecule has 0 aromatic rings. The second-order valence-electron chi connectivity index (χ2n) is 2.76. The van der Waals surface area contributed by atoms with Gasteiger partial charge in [-0.15, -0.1) is 0 Å². The van der Waals surface area contributed by atoms with Crippen molar-refractivity contribution in [3.63, 3.8) is 0 Å². The predicted molar refractivity (Wildman–Crippen MR) is 45.3 cm³/mol. The Morgan fingerprint density at radius 3 is 2.45 bits per heavy atom. The molecule has 0 heterocycles. The number of carbonyl (C=O) groups excluding carboxylic acids is 1. The predicted octanol–water partition coefficient (Wildman–Crippen LogP) is 2.30. The van der Waals surface area contributed by atoms with Crippen LogP contribution in [0.15, 0.2) is 11.8 Å². The van der Waals surface area contributed by atoms with E-state index in [0.29, 0.717) is 6.42 Å². The number of methoxy groups -OCH3 is 1. The average molecular weight is 156 g/mol. The third kappa shape index (κ3) is 7.10. The Kier molecular flexibility index (Phi) is 5.53. The Labute approximate surface area is 68.2 Å². The van der Waals surface area contributed by atoms with Gasteiger partial charge in [0, 0.05) is 6.42 Å². The van der Waals surface area contributed by atoms with Crippen LogP contribution in [0.5, 0.6) is 0 Å². The van der Waals surface area contributed by atoms with Crippen molar-refractivity contribution in [1.82, 2.24) is 0 Å². The summed E-state index contributed by atoms with van der Waals surface area (Å²) >= 11 is 0. The van der Waals surface area contributed by atoms with Gasteiger partial charge in [-0.25, -0.2) is 0 Å². The van der Waals surface area contributed by atoms with Crippen molar-refractivity contribution >= 4 is 5.78 Å². The zero-order valence-corrected chi connectivity index (χ0v) is 7.52. The summed E-state index contributed by atoms with van der Waals surface area (Å²) in [6.07, 6.45) is 4.28. The average Bonchev–Trinajstić information content (AvgIpc) is 1.87. The van der Waals surface area contributed by atoms with Crippen molar-refractivity contribution in [1.29, 1.82) is 0 Å². The number of carbonyl (C=O) groups is 1. The largest absolute Gasteiger partial charge is 0.504 e. The number of ketones is 1. The molecule has 0 N–H and O–H groups in total. The topological polar surface area (TPSA) is 26.3 Å². The van der Waals surface area contributed by atoms with Gasteiger partial charge in [0.15, 0.2) is 0 Å². The first-order chi connectivity index (χ1) is 5.16. The molecule has 0 aromatic heterocycles. The van der Waals surface area contributed by atoms with Gasteiger partial charge in [-0.2, -0.15) is 0 Å². The summed E-state index contributed by atoms with van der Waals surface area (Å²) in [5.41, 5.74) is 1.19. The highest BCUT2D eigenvalue weighted by molar-refractivity contribution is 5.75. The van der Waals surface area contributed by atoms with E-state index >= 15 is 0 Å². The lowest BCUT2D eigenvalue weighted by molar-refractivity contribution is -0.117. The summed E-state index contributed by atoms with van der Waals surface area (Å²) in [6.45, 7) is 3.62. The minimum absolute atomic E-state index is 0.259. The van der Waals surface area contributed by atoms with E-state index in [1.807, 2.05) is 6.92 Å². The number of rotatable bonds is 5. The first kappa shape index (κ1) is 10.2. The summed E-state index contributed by atoms with van der Waals surface area (Å²) in [6, 6.07) is 0. The van der Waals surface area contributed by atoms with Crippen LogP contribution in [0.2, 0.25) is 0 Å². The monoisotopic (exact) mass is 156 g/mol. The quantitative estimate of drug-likeness (QED) is 0.571. The van der Waals surface area contributed by atoms with Gasteiger partial charge in [0.1, 0.15) is 5.78 Å². The van der Waals surface area contributed by atoms with Crippen molar-refractivity contribution in [2.45, 2.75) is 33.1 Å². The van der Waals surface area contributed by atoms with Crippen LogP contribution >= 0.6 is 0 Å². The van der Waals surface area contributed by atoms with E-state index in [1.54, 1.807) is 20.3 Å². The minimum Gasteiger partial charge on any atom is -0.504 e. The van der Waals surface area contributed by atoms with Crippen molar-refractivity contribution in [3.8, 4) is 0 Å². The number of hydrogen-bond donors (Lipinski definition) is 0. The van der Waals surface area contributed by atoms with E-state index < -0.39 is 0 Å². The zero-order valence-electron chi connectivity index (χ0n) is 7.52. The molecule has 2 heteroatoms. The van der Waals surface area contributed by atoms with Crippen LogP contribution in [-0.2, 0) is 9.53 Å². The molecule has 0 rings (SSSR count). The van der Waals surface area contributed by atoms with Crippen LogP contribution in [0.4, 0.5) is 0 Å². The lowest BCUT2D eigenvalue weighted by atomic mass is 10.1. The highest BCUT2D eigenvalue weighted by Gasteiger charge is 1.94. The number of ether oxygens (including phenoxy) is 1. The van der Waals surface area contributed by atoms with E-state index in [1.165, 1.54) is 5.57 Å². The van der Waals surface area contributed by atoms with E-state index in [2.05, 4.69) is 0 Å². The molecule has 0 aliphatic heterocycles. The molecule has 0 fully saturated rings. The molecule has 0 bridgehead atoms. The van der Waals surface area contributed by atoms with Crippen LogP contribution in [0.1, 0.15) is 33.1 Å². The molecule has 0 amide bonds. The van der Waals surface area contributed by atoms with Crippen LogP contribution in [0, 0.1) is 0 Å². The number of allylic oxidation sites excluding steroid dienone is 1. The molecule has 0 saturated heterocycles. The molecule has 0 saturated carbocycles. The Morgan fingerprint density at radius 2 is 2.00 bits per heavy atom. The Hall–Kier alpha value is -0.790. The lowest BCUT2D eigenvalue weighted by Gasteiger charge is -1.98. The normalized spacial score (nSPS) is 11.4.